The number of nitrogens with one attached hydrogen (secondary N) is 1. The molecular weight excluding hydrogens is 432 g/mol. The summed E-state index contributed by atoms with van der Waals surface area (Å²) in [6.45, 7) is 0. The number of anilines is 1. The molecule has 1 amide bonds. The molecule has 5 heteroatoms. The van der Waals surface area contributed by atoms with Gasteiger partial charge < -0.3 is 5.32 Å². The first-order valence-electron chi connectivity index (χ1n) is 10.3. The van der Waals surface area contributed by atoms with Gasteiger partial charge in [-0.25, -0.2) is 4.98 Å². The zero-order valence-corrected chi connectivity index (χ0v) is 18.8. The minimum absolute atomic E-state index is 0.0792. The van der Waals surface area contributed by atoms with Gasteiger partial charge in [-0.05, 0) is 34.5 Å². The molecular formula is C27H20N2OS2. The molecule has 0 aliphatic carbocycles. The average Bonchev–Trinajstić information content (AvgIpc) is 3.32. The molecule has 0 spiro atoms. The molecule has 1 atom stereocenters. The monoisotopic (exact) mass is 452 g/mol. The van der Waals surface area contributed by atoms with E-state index in [2.05, 4.69) is 40.6 Å². The van der Waals surface area contributed by atoms with E-state index in [4.69, 9.17) is 0 Å². The Morgan fingerprint density at radius 3 is 2.28 bits per heavy atom. The van der Waals surface area contributed by atoms with E-state index >= 15 is 0 Å². The highest BCUT2D eigenvalue weighted by Crippen LogP contribution is 2.36. The largest absolute Gasteiger partial charge is 0.301 e. The highest BCUT2D eigenvalue weighted by molar-refractivity contribution is 8.00. The number of carbonyl (C=O) groups excluding carboxylic acids is 1. The van der Waals surface area contributed by atoms with E-state index in [1.54, 1.807) is 0 Å². The number of thiazole rings is 1. The van der Waals surface area contributed by atoms with Gasteiger partial charge in [-0.3, -0.25) is 4.79 Å². The van der Waals surface area contributed by atoms with Crippen molar-refractivity contribution in [2.24, 2.45) is 0 Å². The van der Waals surface area contributed by atoms with Gasteiger partial charge in [0.05, 0.1) is 5.69 Å². The standard InChI is InChI=1S/C27H20N2OS2/c30-26(25(20-10-3-1-4-11-20)32-23-13-5-2-6-14-23)29-27-28-24(18-31-27)22-16-15-19-9-7-8-12-21(19)17-22/h1-18,25H,(H,28,29,30)/t25-/m1/s1. The van der Waals surface area contributed by atoms with Crippen molar-refractivity contribution in [1.29, 1.82) is 0 Å². The number of benzene rings is 4. The molecule has 0 saturated carbocycles. The zero-order valence-electron chi connectivity index (χ0n) is 17.1. The van der Waals surface area contributed by atoms with Gasteiger partial charge in [0.2, 0.25) is 5.91 Å². The molecule has 0 radical (unpaired) electrons. The van der Waals surface area contributed by atoms with E-state index in [0.717, 1.165) is 21.7 Å². The number of fused-ring (bicyclic) bond motifs is 1. The molecule has 0 saturated heterocycles. The molecule has 0 bridgehead atoms. The number of aromatic nitrogens is 1. The van der Waals surface area contributed by atoms with Crippen LogP contribution in [0.1, 0.15) is 10.8 Å². The molecule has 1 heterocycles. The Bertz CT molecular complexity index is 1350. The van der Waals surface area contributed by atoms with Crippen molar-refractivity contribution in [3.05, 3.63) is 114 Å². The summed E-state index contributed by atoms with van der Waals surface area (Å²) in [6, 6.07) is 34.4. The zero-order chi connectivity index (χ0) is 21.8. The number of amides is 1. The fourth-order valence-corrected chi connectivity index (χ4v) is 5.29. The Hall–Kier alpha value is -3.41. The molecule has 0 aliphatic rings. The van der Waals surface area contributed by atoms with Crippen molar-refractivity contribution >= 4 is 44.9 Å². The van der Waals surface area contributed by atoms with Gasteiger partial charge in [0.15, 0.2) is 5.13 Å². The van der Waals surface area contributed by atoms with Crippen LogP contribution in [-0.4, -0.2) is 10.9 Å². The van der Waals surface area contributed by atoms with Gasteiger partial charge in [-0.15, -0.1) is 23.1 Å². The lowest BCUT2D eigenvalue weighted by Crippen LogP contribution is -2.18. The van der Waals surface area contributed by atoms with E-state index in [1.165, 1.54) is 33.9 Å². The Kier molecular flexibility index (Phi) is 6.01. The van der Waals surface area contributed by atoms with Crippen LogP contribution >= 0.6 is 23.1 Å². The Labute approximate surface area is 195 Å². The van der Waals surface area contributed by atoms with Gasteiger partial charge in [-0.2, -0.15) is 0 Å². The number of thioether (sulfide) groups is 1. The van der Waals surface area contributed by atoms with Crippen LogP contribution < -0.4 is 5.32 Å². The predicted octanol–water partition coefficient (Wildman–Crippen LogP) is 7.44. The fraction of sp³-hybridized carbons (Fsp3) is 0.0370. The van der Waals surface area contributed by atoms with Crippen LogP contribution in [0.25, 0.3) is 22.0 Å². The lowest BCUT2D eigenvalue weighted by molar-refractivity contribution is -0.115. The van der Waals surface area contributed by atoms with Gasteiger partial charge in [-0.1, -0.05) is 84.9 Å². The summed E-state index contributed by atoms with van der Waals surface area (Å²) in [7, 11) is 0. The second-order valence-electron chi connectivity index (χ2n) is 7.31. The van der Waals surface area contributed by atoms with Crippen LogP contribution in [0, 0.1) is 0 Å². The molecule has 4 aromatic carbocycles. The second kappa shape index (κ2) is 9.39. The highest BCUT2D eigenvalue weighted by atomic mass is 32.2. The van der Waals surface area contributed by atoms with E-state index in [0.29, 0.717) is 5.13 Å². The van der Waals surface area contributed by atoms with Crippen LogP contribution in [-0.2, 0) is 4.79 Å². The Morgan fingerprint density at radius 1 is 0.812 bits per heavy atom. The van der Waals surface area contributed by atoms with Crippen LogP contribution in [0.15, 0.2) is 113 Å². The molecule has 0 unspecified atom stereocenters. The molecule has 1 aromatic heterocycles. The summed E-state index contributed by atoms with van der Waals surface area (Å²) in [6.07, 6.45) is 0. The molecule has 1 N–H and O–H groups in total. The normalized spacial score (nSPS) is 11.9. The molecule has 156 valence electrons. The van der Waals surface area contributed by atoms with Crippen molar-refractivity contribution in [1.82, 2.24) is 4.98 Å². The van der Waals surface area contributed by atoms with Crippen molar-refractivity contribution in [2.75, 3.05) is 5.32 Å². The summed E-state index contributed by atoms with van der Waals surface area (Å²) in [5.74, 6) is -0.0792. The van der Waals surface area contributed by atoms with E-state index in [1.807, 2.05) is 78.2 Å². The molecule has 5 aromatic rings. The topological polar surface area (TPSA) is 42.0 Å². The van der Waals surface area contributed by atoms with Crippen LogP contribution in [0.5, 0.6) is 0 Å². The first-order chi connectivity index (χ1) is 15.8. The summed E-state index contributed by atoms with van der Waals surface area (Å²) >= 11 is 2.98. The summed E-state index contributed by atoms with van der Waals surface area (Å²) in [4.78, 5) is 19.0. The molecule has 3 nitrogen and oxygen atoms in total. The molecule has 0 fully saturated rings. The minimum Gasteiger partial charge on any atom is -0.301 e. The van der Waals surface area contributed by atoms with Gasteiger partial charge in [0, 0.05) is 15.8 Å². The average molecular weight is 453 g/mol. The first kappa shape index (κ1) is 20.5. The third-order valence-electron chi connectivity index (χ3n) is 5.12. The van der Waals surface area contributed by atoms with Crippen molar-refractivity contribution in [3.63, 3.8) is 0 Å². The second-order valence-corrected chi connectivity index (χ2v) is 9.35. The smallest absolute Gasteiger partial charge is 0.244 e. The SMILES string of the molecule is O=C(Nc1nc(-c2ccc3ccccc3c2)cs1)[C@H](Sc1ccccc1)c1ccccc1. The van der Waals surface area contributed by atoms with E-state index in [9.17, 15) is 4.79 Å². The maximum absolute atomic E-state index is 13.3. The van der Waals surface area contributed by atoms with Crippen LogP contribution in [0.4, 0.5) is 5.13 Å². The van der Waals surface area contributed by atoms with E-state index < -0.39 is 0 Å². The van der Waals surface area contributed by atoms with Gasteiger partial charge in [0.25, 0.3) is 0 Å². The van der Waals surface area contributed by atoms with Gasteiger partial charge in [0.1, 0.15) is 5.25 Å². The molecule has 32 heavy (non-hydrogen) atoms. The molecule has 0 aliphatic heterocycles. The number of nitrogens with zero attached hydrogens (tertiary/aromatic N) is 1. The van der Waals surface area contributed by atoms with Crippen LogP contribution in [0.2, 0.25) is 0 Å². The quantitative estimate of drug-likeness (QED) is 0.272. The molecule has 5 rings (SSSR count). The maximum Gasteiger partial charge on any atom is 0.244 e. The lowest BCUT2D eigenvalue weighted by Gasteiger charge is -2.16. The van der Waals surface area contributed by atoms with Crippen molar-refractivity contribution in [3.8, 4) is 11.3 Å². The minimum atomic E-state index is -0.369. The Morgan fingerprint density at radius 2 is 1.50 bits per heavy atom. The fourth-order valence-electron chi connectivity index (χ4n) is 3.52. The van der Waals surface area contributed by atoms with Crippen molar-refractivity contribution in [2.45, 2.75) is 10.1 Å². The summed E-state index contributed by atoms with van der Waals surface area (Å²) in [5, 5.41) is 7.63. The number of hydrogen-bond donors (Lipinski definition) is 1. The summed E-state index contributed by atoms with van der Waals surface area (Å²) < 4.78 is 0. The van der Waals surface area contributed by atoms with Crippen LogP contribution in [0.3, 0.4) is 0 Å². The van der Waals surface area contributed by atoms with Crippen molar-refractivity contribution < 1.29 is 4.79 Å². The van der Waals surface area contributed by atoms with E-state index in [-0.39, 0.29) is 11.2 Å². The third-order valence-corrected chi connectivity index (χ3v) is 7.14. The lowest BCUT2D eigenvalue weighted by atomic mass is 10.1. The Balaban J connectivity index is 1.38. The predicted molar refractivity (Wildman–Crippen MR) is 135 cm³/mol. The first-order valence-corrected chi connectivity index (χ1v) is 12.0. The maximum atomic E-state index is 13.3. The van der Waals surface area contributed by atoms with Gasteiger partial charge >= 0.3 is 0 Å². The summed E-state index contributed by atoms with van der Waals surface area (Å²) in [5.41, 5.74) is 2.87. The highest BCUT2D eigenvalue weighted by Gasteiger charge is 2.23. The number of rotatable bonds is 6. The third kappa shape index (κ3) is 4.59. The number of hydrogen-bond acceptors (Lipinski definition) is 4. The number of carbonyl (C=O) groups is 1.